The third-order valence-corrected chi connectivity index (χ3v) is 6.85. The number of rotatable bonds is 6. The molecular weight excluding hydrogens is 474 g/mol. The highest BCUT2D eigenvalue weighted by molar-refractivity contribution is 5.66. The first-order chi connectivity index (χ1) is 17.2. The maximum absolute atomic E-state index is 15.0. The predicted octanol–water partition coefficient (Wildman–Crippen LogP) is 9.22. The molecule has 188 valence electrons. The molecule has 0 saturated carbocycles. The predicted molar refractivity (Wildman–Crippen MR) is 130 cm³/mol. The van der Waals surface area contributed by atoms with Crippen LogP contribution in [0.5, 0.6) is 0 Å². The Labute approximate surface area is 207 Å². The first-order valence-electron chi connectivity index (χ1n) is 11.9. The van der Waals surface area contributed by atoms with Crippen LogP contribution in [0.25, 0.3) is 11.1 Å². The SMILES string of the molecule is C/C=C/CCc1ccc(C2C=CC(c3ccc(-c4ccc(C)c(F)c4F)c(F)c3F)CC2)c(F)c1F. The molecule has 0 N–H and O–H groups in total. The van der Waals surface area contributed by atoms with Crippen LogP contribution in [-0.4, -0.2) is 0 Å². The molecule has 0 heterocycles. The molecular formula is C30H26F6. The summed E-state index contributed by atoms with van der Waals surface area (Å²) in [5, 5.41) is 0. The second kappa shape index (κ2) is 10.8. The van der Waals surface area contributed by atoms with Crippen molar-refractivity contribution in [3.63, 3.8) is 0 Å². The molecule has 0 nitrogen and oxygen atoms in total. The van der Waals surface area contributed by atoms with Crippen LogP contribution in [0.3, 0.4) is 0 Å². The lowest BCUT2D eigenvalue weighted by Crippen LogP contribution is -2.11. The standard InChI is InChI=1S/C30H26F6/c1-3-4-5-6-20-12-14-21(27(33)26(20)32)18-8-10-19(11-9-18)22-15-16-24(30(36)28(22)34)23-13-7-17(2)25(31)29(23)35/h3-4,7-8,10,12-16,18-19H,5-6,9,11H2,1-2H3/b4-3+. The smallest absolute Gasteiger partial charge is 0.167 e. The van der Waals surface area contributed by atoms with Gasteiger partial charge in [0.2, 0.25) is 0 Å². The summed E-state index contributed by atoms with van der Waals surface area (Å²) in [6.45, 7) is 3.24. The number of hydrogen-bond acceptors (Lipinski definition) is 0. The molecule has 3 aromatic carbocycles. The number of aryl methyl sites for hydroxylation is 2. The fourth-order valence-electron chi connectivity index (χ4n) is 4.74. The maximum Gasteiger partial charge on any atom is 0.167 e. The molecule has 0 aliphatic heterocycles. The van der Waals surface area contributed by atoms with Crippen molar-refractivity contribution in [2.75, 3.05) is 0 Å². The Morgan fingerprint density at radius 3 is 1.78 bits per heavy atom. The second-order valence-electron chi connectivity index (χ2n) is 9.11. The molecule has 0 amide bonds. The molecule has 0 spiro atoms. The van der Waals surface area contributed by atoms with Crippen LogP contribution in [-0.2, 0) is 6.42 Å². The molecule has 1 aliphatic rings. The van der Waals surface area contributed by atoms with Gasteiger partial charge in [-0.2, -0.15) is 0 Å². The van der Waals surface area contributed by atoms with Crippen molar-refractivity contribution in [2.24, 2.45) is 0 Å². The monoisotopic (exact) mass is 500 g/mol. The van der Waals surface area contributed by atoms with Crippen molar-refractivity contribution in [1.82, 2.24) is 0 Å². The van der Waals surface area contributed by atoms with E-state index in [1.165, 1.54) is 31.2 Å². The van der Waals surface area contributed by atoms with Gasteiger partial charge in [-0.25, -0.2) is 26.3 Å². The van der Waals surface area contributed by atoms with Crippen molar-refractivity contribution in [3.8, 4) is 11.1 Å². The van der Waals surface area contributed by atoms with Crippen molar-refractivity contribution >= 4 is 0 Å². The molecule has 2 unspecified atom stereocenters. The minimum Gasteiger partial charge on any atom is -0.203 e. The first kappa shape index (κ1) is 25.8. The van der Waals surface area contributed by atoms with Crippen LogP contribution in [0.1, 0.15) is 60.3 Å². The molecule has 0 saturated heterocycles. The van der Waals surface area contributed by atoms with Crippen LogP contribution in [0.2, 0.25) is 0 Å². The van der Waals surface area contributed by atoms with Crippen molar-refractivity contribution in [1.29, 1.82) is 0 Å². The molecule has 0 bridgehead atoms. The van der Waals surface area contributed by atoms with Gasteiger partial charge < -0.3 is 0 Å². The van der Waals surface area contributed by atoms with E-state index >= 15 is 4.39 Å². The highest BCUT2D eigenvalue weighted by Gasteiger charge is 2.27. The summed E-state index contributed by atoms with van der Waals surface area (Å²) < 4.78 is 87.6. The lowest BCUT2D eigenvalue weighted by atomic mass is 9.80. The van der Waals surface area contributed by atoms with E-state index in [2.05, 4.69) is 0 Å². The van der Waals surface area contributed by atoms with E-state index in [0.29, 0.717) is 31.2 Å². The number of halogens is 6. The fraction of sp³-hybridized carbons (Fsp3) is 0.267. The Morgan fingerprint density at radius 1 is 0.667 bits per heavy atom. The van der Waals surface area contributed by atoms with Gasteiger partial charge in [0, 0.05) is 23.0 Å². The van der Waals surface area contributed by atoms with Gasteiger partial charge in [0.1, 0.15) is 0 Å². The summed E-state index contributed by atoms with van der Waals surface area (Å²) in [6, 6.07) is 8.30. The summed E-state index contributed by atoms with van der Waals surface area (Å²) in [6.07, 6.45) is 8.90. The van der Waals surface area contributed by atoms with E-state index < -0.39 is 46.7 Å². The lowest BCUT2D eigenvalue weighted by Gasteiger charge is -2.25. The van der Waals surface area contributed by atoms with Gasteiger partial charge in [0.15, 0.2) is 34.9 Å². The van der Waals surface area contributed by atoms with E-state index in [1.807, 2.05) is 19.1 Å². The zero-order valence-electron chi connectivity index (χ0n) is 20.0. The number of benzene rings is 3. The minimum atomic E-state index is -1.26. The molecule has 0 fully saturated rings. The zero-order valence-corrected chi connectivity index (χ0v) is 20.0. The first-order valence-corrected chi connectivity index (χ1v) is 11.9. The normalized spacial score (nSPS) is 17.8. The molecule has 0 radical (unpaired) electrons. The zero-order chi connectivity index (χ0) is 26.0. The van der Waals surface area contributed by atoms with Crippen LogP contribution in [0.15, 0.2) is 60.7 Å². The van der Waals surface area contributed by atoms with Gasteiger partial charge in [-0.3, -0.25) is 0 Å². The topological polar surface area (TPSA) is 0 Å². The van der Waals surface area contributed by atoms with Gasteiger partial charge in [0.25, 0.3) is 0 Å². The Morgan fingerprint density at radius 2 is 1.19 bits per heavy atom. The van der Waals surface area contributed by atoms with Gasteiger partial charge in [-0.15, -0.1) is 0 Å². The van der Waals surface area contributed by atoms with Crippen LogP contribution in [0.4, 0.5) is 26.3 Å². The summed E-state index contributed by atoms with van der Waals surface area (Å²) in [5.74, 6) is -7.34. The van der Waals surface area contributed by atoms with Crippen molar-refractivity contribution in [3.05, 3.63) is 118 Å². The van der Waals surface area contributed by atoms with Gasteiger partial charge >= 0.3 is 0 Å². The molecule has 1 aliphatic carbocycles. The van der Waals surface area contributed by atoms with E-state index in [1.54, 1.807) is 24.3 Å². The average Bonchev–Trinajstić information content (AvgIpc) is 2.88. The van der Waals surface area contributed by atoms with Gasteiger partial charge in [0.05, 0.1) is 0 Å². The summed E-state index contributed by atoms with van der Waals surface area (Å²) in [7, 11) is 0. The summed E-state index contributed by atoms with van der Waals surface area (Å²) in [5.41, 5.74) is -0.0325. The third kappa shape index (κ3) is 4.86. The Balaban J connectivity index is 1.57. The maximum atomic E-state index is 15.0. The highest BCUT2D eigenvalue weighted by atomic mass is 19.2. The highest BCUT2D eigenvalue weighted by Crippen LogP contribution is 2.40. The van der Waals surface area contributed by atoms with E-state index in [-0.39, 0.29) is 27.8 Å². The van der Waals surface area contributed by atoms with Crippen LogP contribution in [0, 0.1) is 41.8 Å². The van der Waals surface area contributed by atoms with E-state index in [0.717, 1.165) is 0 Å². The Kier molecular flexibility index (Phi) is 7.72. The Bertz CT molecular complexity index is 1340. The second-order valence-corrected chi connectivity index (χ2v) is 9.11. The largest absolute Gasteiger partial charge is 0.203 e. The summed E-state index contributed by atoms with van der Waals surface area (Å²) in [4.78, 5) is 0. The van der Waals surface area contributed by atoms with E-state index in [9.17, 15) is 22.0 Å². The average molecular weight is 501 g/mol. The molecule has 2 atom stereocenters. The number of allylic oxidation sites excluding steroid dienone is 4. The van der Waals surface area contributed by atoms with Crippen molar-refractivity contribution < 1.29 is 26.3 Å². The third-order valence-electron chi connectivity index (χ3n) is 6.85. The van der Waals surface area contributed by atoms with Gasteiger partial charge in [-0.1, -0.05) is 60.7 Å². The number of hydrogen-bond donors (Lipinski definition) is 0. The lowest BCUT2D eigenvalue weighted by molar-refractivity contribution is 0.470. The van der Waals surface area contributed by atoms with E-state index in [4.69, 9.17) is 0 Å². The van der Waals surface area contributed by atoms with Crippen LogP contribution >= 0.6 is 0 Å². The fourth-order valence-corrected chi connectivity index (χ4v) is 4.74. The molecule has 4 rings (SSSR count). The minimum absolute atomic E-state index is 0.0650. The quantitative estimate of drug-likeness (QED) is 0.234. The summed E-state index contributed by atoms with van der Waals surface area (Å²) >= 11 is 0. The molecule has 6 heteroatoms. The van der Waals surface area contributed by atoms with Crippen molar-refractivity contribution in [2.45, 2.75) is 51.4 Å². The van der Waals surface area contributed by atoms with Gasteiger partial charge in [-0.05, 0) is 61.8 Å². The molecule has 36 heavy (non-hydrogen) atoms. The molecule has 3 aromatic rings. The molecule has 0 aromatic heterocycles. The Hall–Kier alpha value is -3.28. The van der Waals surface area contributed by atoms with Crippen LogP contribution < -0.4 is 0 Å².